The third kappa shape index (κ3) is 4.69. The van der Waals surface area contributed by atoms with Gasteiger partial charge in [-0.3, -0.25) is 0 Å². The van der Waals surface area contributed by atoms with E-state index in [4.69, 9.17) is 4.74 Å². The molecule has 0 spiro atoms. The van der Waals surface area contributed by atoms with Gasteiger partial charge in [-0.05, 0) is 28.7 Å². The number of benzene rings is 2. The summed E-state index contributed by atoms with van der Waals surface area (Å²) in [5.74, 6) is 0. The Kier molecular flexibility index (Phi) is 5.97. The molecule has 0 saturated heterocycles. The summed E-state index contributed by atoms with van der Waals surface area (Å²) in [7, 11) is 1.74. The molecule has 0 atom stereocenters. The molecule has 1 N–H and O–H groups in total. The van der Waals surface area contributed by atoms with Crippen LogP contribution in [0.15, 0.2) is 48.5 Å². The standard InChI is InChI=1S/C19H25NO/c1-15(2)20-14-18-6-4-5-7-19(18)17-10-8-16(9-11-17)12-13-21-3/h4-11,15,20H,12-14H2,1-3H3. The van der Waals surface area contributed by atoms with Gasteiger partial charge >= 0.3 is 0 Å². The molecule has 0 bridgehead atoms. The molecule has 2 aromatic carbocycles. The summed E-state index contributed by atoms with van der Waals surface area (Å²) < 4.78 is 5.13. The van der Waals surface area contributed by atoms with E-state index in [1.54, 1.807) is 7.11 Å². The van der Waals surface area contributed by atoms with Crippen molar-refractivity contribution in [3.05, 3.63) is 59.7 Å². The van der Waals surface area contributed by atoms with E-state index >= 15 is 0 Å². The van der Waals surface area contributed by atoms with Crippen molar-refractivity contribution in [2.75, 3.05) is 13.7 Å². The molecule has 2 rings (SSSR count). The first-order valence-electron chi connectivity index (χ1n) is 7.60. The van der Waals surface area contributed by atoms with E-state index in [1.807, 2.05) is 0 Å². The lowest BCUT2D eigenvalue weighted by atomic mass is 9.98. The van der Waals surface area contributed by atoms with Gasteiger partial charge in [-0.25, -0.2) is 0 Å². The van der Waals surface area contributed by atoms with Crippen molar-refractivity contribution in [3.63, 3.8) is 0 Å². The fourth-order valence-corrected chi connectivity index (χ4v) is 2.34. The highest BCUT2D eigenvalue weighted by Crippen LogP contribution is 2.24. The van der Waals surface area contributed by atoms with Gasteiger partial charge in [0.15, 0.2) is 0 Å². The summed E-state index contributed by atoms with van der Waals surface area (Å²) in [6.45, 7) is 6.02. The number of ether oxygens (including phenoxy) is 1. The highest BCUT2D eigenvalue weighted by atomic mass is 16.5. The van der Waals surface area contributed by atoms with Crippen molar-refractivity contribution in [1.29, 1.82) is 0 Å². The van der Waals surface area contributed by atoms with E-state index < -0.39 is 0 Å². The minimum absolute atomic E-state index is 0.495. The van der Waals surface area contributed by atoms with Gasteiger partial charge in [-0.15, -0.1) is 0 Å². The van der Waals surface area contributed by atoms with Crippen molar-refractivity contribution in [1.82, 2.24) is 5.32 Å². The summed E-state index contributed by atoms with van der Waals surface area (Å²) >= 11 is 0. The molecule has 0 heterocycles. The molecule has 0 aliphatic heterocycles. The first-order valence-corrected chi connectivity index (χ1v) is 7.60. The van der Waals surface area contributed by atoms with Gasteiger partial charge in [-0.2, -0.15) is 0 Å². The van der Waals surface area contributed by atoms with Crippen molar-refractivity contribution >= 4 is 0 Å². The number of hydrogen-bond acceptors (Lipinski definition) is 2. The van der Waals surface area contributed by atoms with Crippen LogP contribution in [0.2, 0.25) is 0 Å². The zero-order valence-electron chi connectivity index (χ0n) is 13.2. The molecule has 21 heavy (non-hydrogen) atoms. The number of rotatable bonds is 7. The fourth-order valence-electron chi connectivity index (χ4n) is 2.34. The molecule has 0 unspecified atom stereocenters. The van der Waals surface area contributed by atoms with Crippen LogP contribution in [0.5, 0.6) is 0 Å². The summed E-state index contributed by atoms with van der Waals surface area (Å²) in [4.78, 5) is 0. The third-order valence-electron chi connectivity index (χ3n) is 3.58. The Morgan fingerprint density at radius 3 is 2.38 bits per heavy atom. The topological polar surface area (TPSA) is 21.3 Å². The Morgan fingerprint density at radius 2 is 1.71 bits per heavy atom. The van der Waals surface area contributed by atoms with E-state index in [1.165, 1.54) is 22.3 Å². The normalized spacial score (nSPS) is 11.0. The van der Waals surface area contributed by atoms with E-state index in [2.05, 4.69) is 67.7 Å². The first kappa shape index (κ1) is 15.7. The van der Waals surface area contributed by atoms with Gasteiger partial charge in [0.05, 0.1) is 6.61 Å². The lowest BCUT2D eigenvalue weighted by Crippen LogP contribution is -2.22. The van der Waals surface area contributed by atoms with Crippen molar-refractivity contribution in [2.45, 2.75) is 32.9 Å². The number of methoxy groups -OCH3 is 1. The van der Waals surface area contributed by atoms with Crippen LogP contribution in [0.4, 0.5) is 0 Å². The van der Waals surface area contributed by atoms with Crippen LogP contribution in [0.25, 0.3) is 11.1 Å². The van der Waals surface area contributed by atoms with Crippen LogP contribution in [0.3, 0.4) is 0 Å². The minimum atomic E-state index is 0.495. The summed E-state index contributed by atoms with van der Waals surface area (Å²) in [5, 5.41) is 3.49. The molecule has 0 aliphatic carbocycles. The van der Waals surface area contributed by atoms with Crippen LogP contribution in [-0.4, -0.2) is 19.8 Å². The molecular weight excluding hydrogens is 258 g/mol. The molecule has 2 nitrogen and oxygen atoms in total. The molecule has 112 valence electrons. The first-order chi connectivity index (χ1) is 10.2. The fraction of sp³-hybridized carbons (Fsp3) is 0.368. The van der Waals surface area contributed by atoms with Crippen LogP contribution >= 0.6 is 0 Å². The van der Waals surface area contributed by atoms with Crippen molar-refractivity contribution < 1.29 is 4.74 Å². The number of hydrogen-bond donors (Lipinski definition) is 1. The average Bonchev–Trinajstić information content (AvgIpc) is 2.52. The van der Waals surface area contributed by atoms with E-state index in [9.17, 15) is 0 Å². The molecule has 0 radical (unpaired) electrons. The molecule has 0 amide bonds. The lowest BCUT2D eigenvalue weighted by molar-refractivity contribution is 0.202. The number of nitrogens with one attached hydrogen (secondary N) is 1. The highest BCUT2D eigenvalue weighted by molar-refractivity contribution is 5.67. The molecular formula is C19H25NO. The van der Waals surface area contributed by atoms with Gasteiger partial charge in [0, 0.05) is 19.7 Å². The Balaban J connectivity index is 2.17. The second-order valence-electron chi connectivity index (χ2n) is 5.63. The molecule has 0 aliphatic rings. The Hall–Kier alpha value is -1.64. The van der Waals surface area contributed by atoms with E-state index in [0.717, 1.165) is 19.6 Å². The maximum absolute atomic E-state index is 5.13. The quantitative estimate of drug-likeness (QED) is 0.828. The van der Waals surface area contributed by atoms with Crippen LogP contribution in [0, 0.1) is 0 Å². The zero-order valence-corrected chi connectivity index (χ0v) is 13.2. The maximum Gasteiger partial charge on any atom is 0.0502 e. The van der Waals surface area contributed by atoms with Crippen molar-refractivity contribution in [2.24, 2.45) is 0 Å². The molecule has 0 fully saturated rings. The monoisotopic (exact) mass is 283 g/mol. The third-order valence-corrected chi connectivity index (χ3v) is 3.58. The summed E-state index contributed by atoms with van der Waals surface area (Å²) in [6, 6.07) is 17.9. The Bertz CT molecular complexity index is 546. The predicted octanol–water partition coefficient (Wildman–Crippen LogP) is 4.04. The molecule has 0 aromatic heterocycles. The minimum Gasteiger partial charge on any atom is -0.384 e. The zero-order chi connectivity index (χ0) is 15.1. The predicted molar refractivity (Wildman–Crippen MR) is 89.4 cm³/mol. The van der Waals surface area contributed by atoms with Crippen LogP contribution in [0.1, 0.15) is 25.0 Å². The smallest absolute Gasteiger partial charge is 0.0502 e. The van der Waals surface area contributed by atoms with Crippen molar-refractivity contribution in [3.8, 4) is 11.1 Å². The van der Waals surface area contributed by atoms with E-state index in [0.29, 0.717) is 6.04 Å². The summed E-state index contributed by atoms with van der Waals surface area (Å²) in [5.41, 5.74) is 5.25. The van der Waals surface area contributed by atoms with Crippen LogP contribution in [-0.2, 0) is 17.7 Å². The molecule has 0 saturated carbocycles. The Labute approximate surface area is 128 Å². The van der Waals surface area contributed by atoms with Gasteiger partial charge < -0.3 is 10.1 Å². The lowest BCUT2D eigenvalue weighted by Gasteiger charge is -2.13. The average molecular weight is 283 g/mol. The Morgan fingerprint density at radius 1 is 1.00 bits per heavy atom. The van der Waals surface area contributed by atoms with Gasteiger partial charge in [-0.1, -0.05) is 62.4 Å². The van der Waals surface area contributed by atoms with Gasteiger partial charge in [0.2, 0.25) is 0 Å². The van der Waals surface area contributed by atoms with E-state index in [-0.39, 0.29) is 0 Å². The second kappa shape index (κ2) is 7.96. The second-order valence-corrected chi connectivity index (χ2v) is 5.63. The molecule has 2 aromatic rings. The van der Waals surface area contributed by atoms with Gasteiger partial charge in [0.1, 0.15) is 0 Å². The summed E-state index contributed by atoms with van der Waals surface area (Å²) in [6.07, 6.45) is 0.966. The van der Waals surface area contributed by atoms with Crippen LogP contribution < -0.4 is 5.32 Å². The highest BCUT2D eigenvalue weighted by Gasteiger charge is 2.05. The SMILES string of the molecule is COCCc1ccc(-c2ccccc2CNC(C)C)cc1. The van der Waals surface area contributed by atoms with Gasteiger partial charge in [0.25, 0.3) is 0 Å². The maximum atomic E-state index is 5.13. The molecule has 2 heteroatoms. The largest absolute Gasteiger partial charge is 0.384 e.